The third kappa shape index (κ3) is 2.33. The summed E-state index contributed by atoms with van der Waals surface area (Å²) < 4.78 is 1.62. The molecular weight excluding hydrogens is 208 g/mol. The Kier molecular flexibility index (Phi) is 2.97. The van der Waals surface area contributed by atoms with Crippen LogP contribution in [0.1, 0.15) is 21.8 Å². The Bertz CT molecular complexity index is 445. The molecule has 3 nitrogen and oxygen atoms in total. The second-order valence-corrected chi connectivity index (χ2v) is 4.37. The minimum absolute atomic E-state index is 0.156. The number of aromatic nitrogens is 2. The zero-order valence-corrected chi connectivity index (χ0v) is 9.33. The van der Waals surface area contributed by atoms with Crippen molar-refractivity contribution in [3.8, 4) is 0 Å². The van der Waals surface area contributed by atoms with Crippen molar-refractivity contribution in [3.05, 3.63) is 40.3 Å². The second kappa shape index (κ2) is 4.40. The van der Waals surface area contributed by atoms with Gasteiger partial charge in [0.25, 0.3) is 0 Å². The lowest BCUT2D eigenvalue weighted by molar-refractivity contribution is 0.0974. The number of ketones is 1. The van der Waals surface area contributed by atoms with E-state index in [4.69, 9.17) is 0 Å². The summed E-state index contributed by atoms with van der Waals surface area (Å²) in [7, 11) is 1.79. The molecule has 0 aliphatic heterocycles. The van der Waals surface area contributed by atoms with E-state index in [1.54, 1.807) is 35.3 Å². The normalized spacial score (nSPS) is 10.5. The third-order valence-corrected chi connectivity index (χ3v) is 3.22. The maximum absolute atomic E-state index is 11.8. The topological polar surface area (TPSA) is 34.9 Å². The number of hydrogen-bond donors (Lipinski definition) is 0. The molecule has 15 heavy (non-hydrogen) atoms. The molecule has 4 heteroatoms. The Morgan fingerprint density at radius 2 is 2.40 bits per heavy atom. The van der Waals surface area contributed by atoms with Gasteiger partial charge in [-0.15, -0.1) is 11.3 Å². The van der Waals surface area contributed by atoms with E-state index in [2.05, 4.69) is 11.2 Å². The predicted molar refractivity (Wildman–Crippen MR) is 60.2 cm³/mol. The molecule has 2 aromatic heterocycles. The number of carbonyl (C=O) groups is 1. The molecule has 0 bridgehead atoms. The molecule has 0 aliphatic rings. The van der Waals surface area contributed by atoms with E-state index in [-0.39, 0.29) is 5.78 Å². The first kappa shape index (κ1) is 10.1. The highest BCUT2D eigenvalue weighted by atomic mass is 32.1. The van der Waals surface area contributed by atoms with Crippen molar-refractivity contribution in [2.45, 2.75) is 12.8 Å². The van der Waals surface area contributed by atoms with Gasteiger partial charge in [0.05, 0.1) is 0 Å². The van der Waals surface area contributed by atoms with E-state index in [0.717, 1.165) is 6.42 Å². The van der Waals surface area contributed by atoms with Crippen molar-refractivity contribution in [2.24, 2.45) is 7.05 Å². The standard InChI is InChI=1S/C11H12N2OS/c1-13-10(6-7-12-13)11(14)5-4-9-3-2-8-15-9/h2-3,6-8H,4-5H2,1H3. The van der Waals surface area contributed by atoms with Gasteiger partial charge in [0.1, 0.15) is 5.69 Å². The van der Waals surface area contributed by atoms with Crippen LogP contribution in [-0.4, -0.2) is 15.6 Å². The predicted octanol–water partition coefficient (Wildman–Crippen LogP) is 2.30. The van der Waals surface area contributed by atoms with Gasteiger partial charge >= 0.3 is 0 Å². The molecule has 2 rings (SSSR count). The van der Waals surface area contributed by atoms with Crippen LogP contribution in [-0.2, 0) is 13.5 Å². The molecule has 0 radical (unpaired) electrons. The summed E-state index contributed by atoms with van der Waals surface area (Å²) >= 11 is 1.69. The second-order valence-electron chi connectivity index (χ2n) is 3.34. The zero-order chi connectivity index (χ0) is 10.7. The number of hydrogen-bond acceptors (Lipinski definition) is 3. The molecule has 0 aliphatic carbocycles. The lowest BCUT2D eigenvalue weighted by Crippen LogP contribution is -2.07. The Morgan fingerprint density at radius 3 is 3.00 bits per heavy atom. The van der Waals surface area contributed by atoms with Crippen LogP contribution in [0.5, 0.6) is 0 Å². The number of nitrogens with zero attached hydrogens (tertiary/aromatic N) is 2. The fraction of sp³-hybridized carbons (Fsp3) is 0.273. The van der Waals surface area contributed by atoms with Gasteiger partial charge < -0.3 is 0 Å². The van der Waals surface area contributed by atoms with Crippen molar-refractivity contribution in [2.75, 3.05) is 0 Å². The van der Waals surface area contributed by atoms with Crippen LogP contribution in [0.3, 0.4) is 0 Å². The Balaban J connectivity index is 1.96. The summed E-state index contributed by atoms with van der Waals surface area (Å²) in [4.78, 5) is 13.0. The van der Waals surface area contributed by atoms with E-state index < -0.39 is 0 Å². The number of carbonyl (C=O) groups excluding carboxylic acids is 1. The fourth-order valence-electron chi connectivity index (χ4n) is 1.47. The molecule has 78 valence electrons. The van der Waals surface area contributed by atoms with E-state index in [9.17, 15) is 4.79 Å². The maximum Gasteiger partial charge on any atom is 0.181 e. The highest BCUT2D eigenvalue weighted by Crippen LogP contribution is 2.12. The average Bonchev–Trinajstić information content (AvgIpc) is 2.84. The van der Waals surface area contributed by atoms with E-state index in [1.165, 1.54) is 4.88 Å². The van der Waals surface area contributed by atoms with Gasteiger partial charge in [0, 0.05) is 24.5 Å². The van der Waals surface area contributed by atoms with Crippen molar-refractivity contribution in [1.29, 1.82) is 0 Å². The molecule has 2 heterocycles. The lowest BCUT2D eigenvalue weighted by Gasteiger charge is -1.99. The fourth-order valence-corrected chi connectivity index (χ4v) is 2.18. The first-order chi connectivity index (χ1) is 7.27. The molecule has 0 spiro atoms. The van der Waals surface area contributed by atoms with Crippen LogP contribution in [0.25, 0.3) is 0 Å². The van der Waals surface area contributed by atoms with Gasteiger partial charge in [-0.1, -0.05) is 6.07 Å². The highest BCUT2D eigenvalue weighted by Gasteiger charge is 2.09. The molecule has 0 amide bonds. The van der Waals surface area contributed by atoms with Gasteiger partial charge in [-0.25, -0.2) is 0 Å². The minimum Gasteiger partial charge on any atom is -0.292 e. The molecule has 0 N–H and O–H groups in total. The quantitative estimate of drug-likeness (QED) is 0.741. The summed E-state index contributed by atoms with van der Waals surface area (Å²) in [6.45, 7) is 0. The van der Waals surface area contributed by atoms with Crippen molar-refractivity contribution in [3.63, 3.8) is 0 Å². The Hall–Kier alpha value is -1.42. The summed E-state index contributed by atoms with van der Waals surface area (Å²) in [5.74, 6) is 0.156. The molecule has 2 aromatic rings. The summed E-state index contributed by atoms with van der Waals surface area (Å²) in [5.41, 5.74) is 0.687. The number of aryl methyl sites for hydroxylation is 2. The minimum atomic E-state index is 0.156. The van der Waals surface area contributed by atoms with Crippen LogP contribution in [0.4, 0.5) is 0 Å². The van der Waals surface area contributed by atoms with Crippen molar-refractivity contribution < 1.29 is 4.79 Å². The largest absolute Gasteiger partial charge is 0.292 e. The monoisotopic (exact) mass is 220 g/mol. The Morgan fingerprint density at radius 1 is 1.53 bits per heavy atom. The van der Waals surface area contributed by atoms with Gasteiger partial charge in [-0.05, 0) is 23.9 Å². The third-order valence-electron chi connectivity index (χ3n) is 2.29. The van der Waals surface area contributed by atoms with Gasteiger partial charge in [-0.3, -0.25) is 9.48 Å². The lowest BCUT2D eigenvalue weighted by atomic mass is 10.1. The molecule has 0 atom stereocenters. The van der Waals surface area contributed by atoms with Gasteiger partial charge in [0.15, 0.2) is 5.78 Å². The van der Waals surface area contributed by atoms with Crippen molar-refractivity contribution in [1.82, 2.24) is 9.78 Å². The van der Waals surface area contributed by atoms with E-state index in [1.807, 2.05) is 11.4 Å². The summed E-state index contributed by atoms with van der Waals surface area (Å²) in [6, 6.07) is 5.83. The smallest absolute Gasteiger partial charge is 0.181 e. The van der Waals surface area contributed by atoms with E-state index >= 15 is 0 Å². The average molecular weight is 220 g/mol. The first-order valence-corrected chi connectivity index (χ1v) is 5.69. The molecular formula is C11H12N2OS. The number of thiophene rings is 1. The molecule has 0 saturated carbocycles. The number of rotatable bonds is 4. The molecule has 0 saturated heterocycles. The van der Waals surface area contributed by atoms with E-state index in [0.29, 0.717) is 12.1 Å². The first-order valence-electron chi connectivity index (χ1n) is 4.81. The maximum atomic E-state index is 11.8. The molecule has 0 aromatic carbocycles. The molecule has 0 fully saturated rings. The van der Waals surface area contributed by atoms with Crippen molar-refractivity contribution >= 4 is 17.1 Å². The summed E-state index contributed by atoms with van der Waals surface area (Å²) in [5, 5.41) is 6.01. The van der Waals surface area contributed by atoms with Crippen LogP contribution in [0.2, 0.25) is 0 Å². The number of Topliss-reactive ketones (excluding diaryl/α,β-unsaturated/α-hetero) is 1. The zero-order valence-electron chi connectivity index (χ0n) is 8.51. The van der Waals surface area contributed by atoms with Crippen LogP contribution in [0, 0.1) is 0 Å². The SMILES string of the molecule is Cn1nccc1C(=O)CCc1cccs1. The molecule has 0 unspecified atom stereocenters. The summed E-state index contributed by atoms with van der Waals surface area (Å²) in [6.07, 6.45) is 3.03. The Labute approximate surface area is 92.4 Å². The van der Waals surface area contributed by atoms with Gasteiger partial charge in [0.2, 0.25) is 0 Å². The van der Waals surface area contributed by atoms with Gasteiger partial charge in [-0.2, -0.15) is 5.10 Å². The van der Waals surface area contributed by atoms with Crippen LogP contribution in [0.15, 0.2) is 29.8 Å². The highest BCUT2D eigenvalue weighted by molar-refractivity contribution is 7.09. The van der Waals surface area contributed by atoms with Crippen LogP contribution < -0.4 is 0 Å². The van der Waals surface area contributed by atoms with Crippen LogP contribution >= 0.6 is 11.3 Å².